The molecule has 0 saturated heterocycles. The zero-order chi connectivity index (χ0) is 22.9. The summed E-state index contributed by atoms with van der Waals surface area (Å²) < 4.78 is 0. The number of benzene rings is 1. The van der Waals surface area contributed by atoms with Crippen LogP contribution >= 0.6 is 0 Å². The molecule has 10 heteroatoms. The number of ketones is 1. The van der Waals surface area contributed by atoms with Crippen LogP contribution in [0.3, 0.4) is 0 Å². The van der Waals surface area contributed by atoms with E-state index in [2.05, 4.69) is 41.1 Å². The number of nitrogens with one attached hydrogen (secondary N) is 3. The van der Waals surface area contributed by atoms with E-state index in [9.17, 15) is 4.79 Å². The second-order valence-corrected chi connectivity index (χ2v) is 7.95. The fourth-order valence-electron chi connectivity index (χ4n) is 3.89. The van der Waals surface area contributed by atoms with Gasteiger partial charge < -0.3 is 5.32 Å². The van der Waals surface area contributed by atoms with Crippen molar-refractivity contribution in [3.8, 4) is 0 Å². The van der Waals surface area contributed by atoms with Crippen LogP contribution in [0.15, 0.2) is 85.2 Å². The molecular weight excluding hydrogens is 430 g/mol. The molecule has 0 bridgehead atoms. The molecule has 6 rings (SSSR count). The zero-order valence-electron chi connectivity index (χ0n) is 17.9. The fraction of sp³-hybridized carbons (Fsp3) is 0.0833. The van der Waals surface area contributed by atoms with Gasteiger partial charge in [0.2, 0.25) is 0 Å². The molecule has 0 fully saturated rings. The topological polar surface area (TPSA) is 125 Å². The molecule has 0 amide bonds. The highest BCUT2D eigenvalue weighted by Gasteiger charge is 2.27. The molecule has 3 aromatic heterocycles. The monoisotopic (exact) mass is 449 g/mol. The number of allylic oxidation sites excluding steroid dienone is 3. The van der Waals surface area contributed by atoms with E-state index >= 15 is 0 Å². The molecule has 2 aliphatic rings. The van der Waals surface area contributed by atoms with Gasteiger partial charge in [-0.25, -0.2) is 9.97 Å². The first-order chi connectivity index (χ1) is 16.7. The third kappa shape index (κ3) is 3.88. The largest absolute Gasteiger partial charge is 0.340 e. The normalized spacial score (nSPS) is 16.6. The number of nitrogens with zero attached hydrogens (tertiary/aromatic N) is 6. The lowest BCUT2D eigenvalue weighted by atomic mass is 10.1. The Morgan fingerprint density at radius 3 is 3.00 bits per heavy atom. The Hall–Kier alpha value is -4.86. The van der Waals surface area contributed by atoms with Crippen molar-refractivity contribution in [2.24, 2.45) is 0 Å². The summed E-state index contributed by atoms with van der Waals surface area (Å²) in [5, 5.41) is 20.8. The Kier molecular flexibility index (Phi) is 4.80. The molecule has 2 aliphatic heterocycles. The number of hydrogen-bond acceptors (Lipinski definition) is 9. The number of fused-ring (bicyclic) bond motifs is 2. The summed E-state index contributed by atoms with van der Waals surface area (Å²) in [6, 6.07) is 9.49. The van der Waals surface area contributed by atoms with Crippen molar-refractivity contribution >= 4 is 33.8 Å². The van der Waals surface area contributed by atoms with Crippen LogP contribution in [0.4, 0.5) is 11.5 Å². The van der Waals surface area contributed by atoms with Crippen LogP contribution in [0.1, 0.15) is 11.4 Å². The molecule has 5 heterocycles. The lowest BCUT2D eigenvalue weighted by Crippen LogP contribution is -2.35. The average Bonchev–Trinajstić information content (AvgIpc) is 3.51. The minimum Gasteiger partial charge on any atom is -0.340 e. The Bertz CT molecular complexity index is 1470. The molecule has 166 valence electrons. The van der Waals surface area contributed by atoms with Crippen molar-refractivity contribution in [2.75, 3.05) is 5.32 Å². The SMILES string of the molecule is O=C(Cc1ccnnc1)C1=CC2C=CC(c3nccc(Nc4ccc5[nH]ncc5c4)n3)=CN2N1. The van der Waals surface area contributed by atoms with E-state index in [0.29, 0.717) is 17.3 Å². The maximum Gasteiger partial charge on any atom is 0.184 e. The molecule has 1 unspecified atom stereocenters. The van der Waals surface area contributed by atoms with Crippen LogP contribution in [-0.2, 0) is 11.2 Å². The van der Waals surface area contributed by atoms with Crippen LogP contribution in [0, 0.1) is 0 Å². The molecule has 10 nitrogen and oxygen atoms in total. The molecule has 1 atom stereocenters. The van der Waals surface area contributed by atoms with Gasteiger partial charge in [-0.3, -0.25) is 20.3 Å². The van der Waals surface area contributed by atoms with Gasteiger partial charge in [-0.15, -0.1) is 0 Å². The summed E-state index contributed by atoms with van der Waals surface area (Å²) in [6.45, 7) is 0. The summed E-state index contributed by atoms with van der Waals surface area (Å²) in [5.74, 6) is 1.25. The number of aromatic amines is 1. The van der Waals surface area contributed by atoms with E-state index in [4.69, 9.17) is 0 Å². The predicted octanol–water partition coefficient (Wildman–Crippen LogP) is 2.68. The lowest BCUT2D eigenvalue weighted by Gasteiger charge is -2.25. The first kappa shape index (κ1) is 19.8. The molecule has 3 N–H and O–H groups in total. The van der Waals surface area contributed by atoms with Gasteiger partial charge >= 0.3 is 0 Å². The van der Waals surface area contributed by atoms with Crippen molar-refractivity contribution < 1.29 is 4.79 Å². The van der Waals surface area contributed by atoms with E-state index < -0.39 is 0 Å². The minimum absolute atomic E-state index is 0.0113. The maximum absolute atomic E-state index is 12.7. The van der Waals surface area contributed by atoms with E-state index in [1.54, 1.807) is 30.9 Å². The van der Waals surface area contributed by atoms with Crippen molar-refractivity contribution in [3.63, 3.8) is 0 Å². The van der Waals surface area contributed by atoms with Crippen LogP contribution in [0.5, 0.6) is 0 Å². The predicted molar refractivity (Wildman–Crippen MR) is 126 cm³/mol. The minimum atomic E-state index is -0.0544. The number of carbonyl (C=O) groups is 1. The first-order valence-corrected chi connectivity index (χ1v) is 10.7. The number of hydrazine groups is 1. The van der Waals surface area contributed by atoms with Gasteiger partial charge in [0, 0.05) is 41.7 Å². The molecule has 1 aromatic carbocycles. The number of H-pyrrole nitrogens is 1. The summed E-state index contributed by atoms with van der Waals surface area (Å²) in [6.07, 6.45) is 14.7. The van der Waals surface area contributed by atoms with E-state index in [0.717, 1.165) is 27.7 Å². The number of aromatic nitrogens is 6. The Balaban J connectivity index is 1.17. The third-order valence-electron chi connectivity index (χ3n) is 5.60. The van der Waals surface area contributed by atoms with Crippen LogP contribution in [-0.4, -0.2) is 47.2 Å². The van der Waals surface area contributed by atoms with Crippen LogP contribution in [0.2, 0.25) is 0 Å². The third-order valence-corrected chi connectivity index (χ3v) is 5.60. The second-order valence-electron chi connectivity index (χ2n) is 7.95. The van der Waals surface area contributed by atoms with Crippen LogP contribution in [0.25, 0.3) is 16.5 Å². The van der Waals surface area contributed by atoms with Gasteiger partial charge in [0.1, 0.15) is 5.82 Å². The highest BCUT2D eigenvalue weighted by Crippen LogP contribution is 2.26. The molecule has 0 spiro atoms. The molecule has 0 saturated carbocycles. The fourth-order valence-corrected chi connectivity index (χ4v) is 3.89. The number of hydrogen-bond donors (Lipinski definition) is 3. The summed E-state index contributed by atoms with van der Waals surface area (Å²) in [4.78, 5) is 21.8. The first-order valence-electron chi connectivity index (χ1n) is 10.7. The highest BCUT2D eigenvalue weighted by atomic mass is 16.1. The average molecular weight is 449 g/mol. The van der Waals surface area contributed by atoms with Gasteiger partial charge in [-0.05, 0) is 42.0 Å². The van der Waals surface area contributed by atoms with Crippen molar-refractivity contribution in [1.82, 2.24) is 40.8 Å². The molecule has 0 radical (unpaired) electrons. The smallest absolute Gasteiger partial charge is 0.184 e. The number of carbonyl (C=O) groups excluding carboxylic acids is 1. The number of Topliss-reactive ketones (excluding diaryl/α,β-unsaturated/α-hetero) is 1. The van der Waals surface area contributed by atoms with Gasteiger partial charge in [0.25, 0.3) is 0 Å². The van der Waals surface area contributed by atoms with Gasteiger partial charge in [0.15, 0.2) is 11.6 Å². The Morgan fingerprint density at radius 1 is 1.12 bits per heavy atom. The summed E-state index contributed by atoms with van der Waals surface area (Å²) >= 11 is 0. The van der Waals surface area contributed by atoms with Crippen molar-refractivity contribution in [3.05, 3.63) is 96.6 Å². The number of anilines is 2. The van der Waals surface area contributed by atoms with Crippen molar-refractivity contribution in [2.45, 2.75) is 12.5 Å². The van der Waals surface area contributed by atoms with Crippen molar-refractivity contribution in [1.29, 1.82) is 0 Å². The molecular formula is C24H19N9O. The van der Waals surface area contributed by atoms with E-state index in [1.807, 2.05) is 53.7 Å². The quantitative estimate of drug-likeness (QED) is 0.407. The summed E-state index contributed by atoms with van der Waals surface area (Å²) in [7, 11) is 0. The Morgan fingerprint density at radius 2 is 2.09 bits per heavy atom. The number of rotatable bonds is 6. The zero-order valence-corrected chi connectivity index (χ0v) is 17.9. The molecule has 0 aliphatic carbocycles. The standard InChI is InChI=1S/C24H19N9O/c34-22(9-15-5-8-26-27-12-15)21-11-19-3-1-16(14-33(19)32-21)24-25-7-6-23(30-24)29-18-2-4-20-17(10-18)13-28-31-20/h1-8,10-14,19,32H,9H2,(H,28,31)(H,25,29,30). The van der Waals surface area contributed by atoms with Gasteiger partial charge in [0.05, 0.1) is 29.6 Å². The second kappa shape index (κ2) is 8.24. The summed E-state index contributed by atoms with van der Waals surface area (Å²) in [5.41, 5.74) is 7.27. The van der Waals surface area contributed by atoms with Gasteiger partial charge in [-0.2, -0.15) is 15.3 Å². The van der Waals surface area contributed by atoms with Gasteiger partial charge in [-0.1, -0.05) is 12.2 Å². The maximum atomic E-state index is 12.7. The molecule has 34 heavy (non-hydrogen) atoms. The van der Waals surface area contributed by atoms with Crippen LogP contribution < -0.4 is 10.7 Å². The van der Waals surface area contributed by atoms with E-state index in [-0.39, 0.29) is 18.2 Å². The lowest BCUT2D eigenvalue weighted by molar-refractivity contribution is -0.115. The van der Waals surface area contributed by atoms with E-state index in [1.165, 1.54) is 0 Å². The molecule has 4 aromatic rings. The Labute approximate surface area is 194 Å². The highest BCUT2D eigenvalue weighted by molar-refractivity contribution is 5.96.